The van der Waals surface area contributed by atoms with Crippen LogP contribution in [-0.4, -0.2) is 12.8 Å². The van der Waals surface area contributed by atoms with Crippen molar-refractivity contribution in [2.24, 2.45) is 0 Å². The molecule has 0 atom stereocenters. The molecule has 21 heavy (non-hydrogen) atoms. The molecule has 2 rings (SSSR count). The van der Waals surface area contributed by atoms with Gasteiger partial charge in [-0.2, -0.15) is 0 Å². The second-order valence-electron chi connectivity index (χ2n) is 4.65. The fourth-order valence-corrected chi connectivity index (χ4v) is 2.78. The average molecular weight is 322 g/mol. The Morgan fingerprint density at radius 1 is 1.10 bits per heavy atom. The Morgan fingerprint density at radius 2 is 1.86 bits per heavy atom. The maximum Gasteiger partial charge on any atom is 0.140 e. The molecule has 1 N–H and O–H groups in total. The molecule has 2 nitrogen and oxygen atoms in total. The van der Waals surface area contributed by atoms with Crippen LogP contribution in [0.1, 0.15) is 18.9 Å². The number of benzene rings is 2. The van der Waals surface area contributed by atoms with Gasteiger partial charge in [0, 0.05) is 22.0 Å². The fourth-order valence-electron chi connectivity index (χ4n) is 2.02. The van der Waals surface area contributed by atoms with Gasteiger partial charge in [-0.05, 0) is 43.5 Å². The predicted molar refractivity (Wildman–Crippen MR) is 91.7 cm³/mol. The van der Waals surface area contributed by atoms with Crippen LogP contribution >= 0.6 is 23.4 Å². The molecule has 0 heterocycles. The van der Waals surface area contributed by atoms with Gasteiger partial charge < -0.3 is 10.1 Å². The van der Waals surface area contributed by atoms with E-state index in [0.29, 0.717) is 6.54 Å². The average Bonchev–Trinajstić information content (AvgIpc) is 2.50. The number of nitrogens with one attached hydrogen (secondary N) is 1. The van der Waals surface area contributed by atoms with Gasteiger partial charge >= 0.3 is 0 Å². The third kappa shape index (κ3) is 4.40. The molecule has 0 saturated heterocycles. The van der Waals surface area contributed by atoms with Crippen LogP contribution in [0.2, 0.25) is 5.02 Å². The molecule has 0 aromatic heterocycles. The van der Waals surface area contributed by atoms with Gasteiger partial charge in [-0.25, -0.2) is 0 Å². The van der Waals surface area contributed by atoms with Crippen LogP contribution in [0.3, 0.4) is 0 Å². The van der Waals surface area contributed by atoms with Crippen molar-refractivity contribution in [2.45, 2.75) is 24.8 Å². The highest BCUT2D eigenvalue weighted by Gasteiger charge is 2.10. The van der Waals surface area contributed by atoms with Gasteiger partial charge in [0.25, 0.3) is 0 Å². The Morgan fingerprint density at radius 3 is 2.62 bits per heavy atom. The molecule has 112 valence electrons. The van der Waals surface area contributed by atoms with Crippen LogP contribution in [0.15, 0.2) is 47.4 Å². The van der Waals surface area contributed by atoms with Crippen LogP contribution in [0, 0.1) is 0 Å². The monoisotopic (exact) mass is 321 g/mol. The van der Waals surface area contributed by atoms with Crippen molar-refractivity contribution in [1.29, 1.82) is 0 Å². The largest absolute Gasteiger partial charge is 0.456 e. The number of para-hydroxylation sites is 1. The minimum absolute atomic E-state index is 0.713. The highest BCUT2D eigenvalue weighted by Crippen LogP contribution is 2.35. The number of halogens is 1. The summed E-state index contributed by atoms with van der Waals surface area (Å²) >= 11 is 8.00. The van der Waals surface area contributed by atoms with Crippen molar-refractivity contribution in [3.8, 4) is 11.5 Å². The zero-order valence-corrected chi connectivity index (χ0v) is 13.9. The molecule has 0 saturated carbocycles. The van der Waals surface area contributed by atoms with E-state index in [1.165, 1.54) is 0 Å². The van der Waals surface area contributed by atoms with Gasteiger partial charge in [-0.3, -0.25) is 0 Å². The molecule has 0 spiro atoms. The molecule has 0 radical (unpaired) electrons. The van der Waals surface area contributed by atoms with Crippen molar-refractivity contribution in [3.05, 3.63) is 53.1 Å². The highest BCUT2D eigenvalue weighted by molar-refractivity contribution is 7.98. The van der Waals surface area contributed by atoms with Gasteiger partial charge in [-0.15, -0.1) is 11.8 Å². The van der Waals surface area contributed by atoms with Crippen molar-refractivity contribution < 1.29 is 4.74 Å². The lowest BCUT2D eigenvalue weighted by Gasteiger charge is -2.15. The standard InChI is InChI=1S/C17H20ClNOS/c1-3-11-19-12-13-14(18)7-6-9-15(13)20-16-8-4-5-10-17(16)21-2/h4-10,19H,3,11-12H2,1-2H3. The van der Waals surface area contributed by atoms with E-state index in [1.807, 2.05) is 42.7 Å². The number of rotatable bonds is 7. The molecule has 2 aromatic rings. The van der Waals surface area contributed by atoms with Crippen molar-refractivity contribution in [2.75, 3.05) is 12.8 Å². The molecule has 4 heteroatoms. The summed E-state index contributed by atoms with van der Waals surface area (Å²) in [5.74, 6) is 1.68. The predicted octanol–water partition coefficient (Wildman–Crippen LogP) is 5.35. The van der Waals surface area contributed by atoms with Crippen molar-refractivity contribution in [1.82, 2.24) is 5.32 Å². The first-order chi connectivity index (χ1) is 10.3. The van der Waals surface area contributed by atoms with E-state index in [9.17, 15) is 0 Å². The first-order valence-electron chi connectivity index (χ1n) is 7.05. The SMILES string of the molecule is CCCNCc1c(Cl)cccc1Oc1ccccc1SC. The molecule has 0 bridgehead atoms. The van der Waals surface area contributed by atoms with E-state index in [-0.39, 0.29) is 0 Å². The van der Waals surface area contributed by atoms with Gasteiger partial charge in [0.05, 0.1) is 0 Å². The summed E-state index contributed by atoms with van der Waals surface area (Å²) in [5.41, 5.74) is 1.00. The summed E-state index contributed by atoms with van der Waals surface area (Å²) in [6.45, 7) is 3.82. The zero-order chi connectivity index (χ0) is 15.1. The Kier molecular flexibility index (Phi) is 6.43. The molecule has 0 unspecified atom stereocenters. The number of thioether (sulfide) groups is 1. The van der Waals surface area contributed by atoms with Gasteiger partial charge in [0.1, 0.15) is 11.5 Å². The summed E-state index contributed by atoms with van der Waals surface area (Å²) in [6.07, 6.45) is 3.14. The minimum atomic E-state index is 0.713. The summed E-state index contributed by atoms with van der Waals surface area (Å²) in [4.78, 5) is 1.12. The highest BCUT2D eigenvalue weighted by atomic mass is 35.5. The smallest absolute Gasteiger partial charge is 0.140 e. The topological polar surface area (TPSA) is 21.3 Å². The quantitative estimate of drug-likeness (QED) is 0.548. The maximum atomic E-state index is 6.32. The first-order valence-corrected chi connectivity index (χ1v) is 8.65. The fraction of sp³-hybridized carbons (Fsp3) is 0.294. The van der Waals surface area contributed by atoms with Crippen LogP contribution in [-0.2, 0) is 6.54 Å². The van der Waals surface area contributed by atoms with Crippen LogP contribution in [0.5, 0.6) is 11.5 Å². The second-order valence-corrected chi connectivity index (χ2v) is 5.90. The van der Waals surface area contributed by atoms with E-state index in [0.717, 1.165) is 39.9 Å². The zero-order valence-electron chi connectivity index (χ0n) is 12.4. The maximum absolute atomic E-state index is 6.32. The third-order valence-electron chi connectivity index (χ3n) is 3.09. The summed E-state index contributed by atoms with van der Waals surface area (Å²) in [5, 5.41) is 4.11. The van der Waals surface area contributed by atoms with Crippen LogP contribution in [0.25, 0.3) is 0 Å². The third-order valence-corrected chi connectivity index (χ3v) is 4.22. The lowest BCUT2D eigenvalue weighted by molar-refractivity contribution is 0.462. The van der Waals surface area contributed by atoms with Gasteiger partial charge in [-0.1, -0.05) is 36.7 Å². The molecule has 0 aliphatic rings. The summed E-state index contributed by atoms with van der Waals surface area (Å²) < 4.78 is 6.10. The van der Waals surface area contributed by atoms with Crippen molar-refractivity contribution in [3.63, 3.8) is 0 Å². The number of ether oxygens (including phenoxy) is 1. The summed E-state index contributed by atoms with van der Waals surface area (Å²) in [6, 6.07) is 13.8. The molecule has 2 aromatic carbocycles. The molecule has 0 aliphatic heterocycles. The first kappa shape index (κ1) is 16.2. The van der Waals surface area contributed by atoms with Crippen LogP contribution in [0.4, 0.5) is 0 Å². The lowest BCUT2D eigenvalue weighted by Crippen LogP contribution is -2.14. The minimum Gasteiger partial charge on any atom is -0.456 e. The van der Waals surface area contributed by atoms with E-state index in [1.54, 1.807) is 11.8 Å². The number of hydrogen-bond acceptors (Lipinski definition) is 3. The van der Waals surface area contributed by atoms with Crippen molar-refractivity contribution >= 4 is 23.4 Å². The lowest BCUT2D eigenvalue weighted by atomic mass is 10.2. The Labute approximate surface area is 135 Å². The Hall–Kier alpha value is -1.16. The van der Waals surface area contributed by atoms with Crippen LogP contribution < -0.4 is 10.1 Å². The van der Waals surface area contributed by atoms with Gasteiger partial charge in [0.15, 0.2) is 0 Å². The molecular formula is C17H20ClNOS. The van der Waals surface area contributed by atoms with E-state index < -0.39 is 0 Å². The molecule has 0 amide bonds. The van der Waals surface area contributed by atoms with E-state index in [4.69, 9.17) is 16.3 Å². The van der Waals surface area contributed by atoms with Gasteiger partial charge in [0.2, 0.25) is 0 Å². The normalized spacial score (nSPS) is 10.6. The van der Waals surface area contributed by atoms with E-state index >= 15 is 0 Å². The number of hydrogen-bond donors (Lipinski definition) is 1. The second kappa shape index (κ2) is 8.32. The Balaban J connectivity index is 2.24. The molecule has 0 fully saturated rings. The molecular weight excluding hydrogens is 302 g/mol. The Bertz CT molecular complexity index is 589. The molecule has 0 aliphatic carbocycles. The summed E-state index contributed by atoms with van der Waals surface area (Å²) in [7, 11) is 0. The van der Waals surface area contributed by atoms with E-state index in [2.05, 4.69) is 18.3 Å².